The smallest absolute Gasteiger partial charge is 0.150 e. The zero-order chi connectivity index (χ0) is 18.4. The Morgan fingerprint density at radius 2 is 2.07 bits per heavy atom. The first-order valence-corrected chi connectivity index (χ1v) is 10.1. The van der Waals surface area contributed by atoms with Gasteiger partial charge in [0.25, 0.3) is 0 Å². The predicted octanol–water partition coefficient (Wildman–Crippen LogP) is 4.44. The van der Waals surface area contributed by atoms with Gasteiger partial charge in [0.15, 0.2) is 0 Å². The SMILES string of the molecule is O=Cc1ccc(CCn2c3c(c4cc(Cl)cnc42)C2CCCN2CC3)cc1. The number of carbonyl (C=O) groups is 1. The Morgan fingerprint density at radius 3 is 2.89 bits per heavy atom. The maximum absolute atomic E-state index is 10.9. The molecule has 0 saturated carbocycles. The lowest BCUT2D eigenvalue weighted by Gasteiger charge is -2.30. The quantitative estimate of drug-likeness (QED) is 0.629. The van der Waals surface area contributed by atoms with Gasteiger partial charge in [-0.05, 0) is 43.0 Å². The van der Waals surface area contributed by atoms with Crippen molar-refractivity contribution in [3.8, 4) is 0 Å². The van der Waals surface area contributed by atoms with Crippen molar-refractivity contribution in [1.29, 1.82) is 0 Å². The summed E-state index contributed by atoms with van der Waals surface area (Å²) in [5, 5.41) is 1.94. The molecule has 4 heterocycles. The lowest BCUT2D eigenvalue weighted by Crippen LogP contribution is -2.31. The molecule has 138 valence electrons. The summed E-state index contributed by atoms with van der Waals surface area (Å²) in [5.74, 6) is 0. The summed E-state index contributed by atoms with van der Waals surface area (Å²) < 4.78 is 2.41. The maximum atomic E-state index is 10.9. The van der Waals surface area contributed by atoms with Crippen molar-refractivity contribution >= 4 is 28.9 Å². The molecule has 0 bridgehead atoms. The molecule has 0 spiro atoms. The second kappa shape index (κ2) is 6.77. The van der Waals surface area contributed by atoms with E-state index in [1.54, 1.807) is 6.20 Å². The average Bonchev–Trinajstić information content (AvgIpc) is 3.28. The van der Waals surface area contributed by atoms with Gasteiger partial charge in [-0.15, -0.1) is 0 Å². The number of aryl methyl sites for hydroxylation is 2. The number of hydrogen-bond acceptors (Lipinski definition) is 3. The van der Waals surface area contributed by atoms with Gasteiger partial charge in [0.2, 0.25) is 0 Å². The van der Waals surface area contributed by atoms with Crippen molar-refractivity contribution in [2.45, 2.75) is 38.3 Å². The molecule has 27 heavy (non-hydrogen) atoms. The Bertz CT molecular complexity index is 1010. The van der Waals surface area contributed by atoms with Crippen LogP contribution in [0.1, 0.15) is 46.1 Å². The van der Waals surface area contributed by atoms with Crippen LogP contribution in [0.3, 0.4) is 0 Å². The van der Waals surface area contributed by atoms with Crippen molar-refractivity contribution in [2.24, 2.45) is 0 Å². The van der Waals surface area contributed by atoms with E-state index in [0.717, 1.165) is 43.4 Å². The Kier molecular flexibility index (Phi) is 4.25. The van der Waals surface area contributed by atoms with Crippen molar-refractivity contribution < 1.29 is 4.79 Å². The van der Waals surface area contributed by atoms with E-state index in [-0.39, 0.29) is 0 Å². The second-order valence-electron chi connectivity index (χ2n) is 7.59. The topological polar surface area (TPSA) is 38.1 Å². The van der Waals surface area contributed by atoms with Gasteiger partial charge in [0.1, 0.15) is 11.9 Å². The summed E-state index contributed by atoms with van der Waals surface area (Å²) in [6, 6.07) is 10.5. The number of aldehydes is 1. The van der Waals surface area contributed by atoms with Gasteiger partial charge in [-0.3, -0.25) is 9.69 Å². The number of benzene rings is 1. The van der Waals surface area contributed by atoms with Gasteiger partial charge >= 0.3 is 0 Å². The van der Waals surface area contributed by atoms with E-state index >= 15 is 0 Å². The van der Waals surface area contributed by atoms with Crippen molar-refractivity contribution in [1.82, 2.24) is 14.5 Å². The highest BCUT2D eigenvalue weighted by Crippen LogP contribution is 2.43. The molecule has 0 amide bonds. The molecule has 2 aliphatic rings. The van der Waals surface area contributed by atoms with E-state index in [1.165, 1.54) is 41.6 Å². The molecule has 2 aliphatic heterocycles. The fourth-order valence-electron chi connectivity index (χ4n) is 4.83. The monoisotopic (exact) mass is 379 g/mol. The van der Waals surface area contributed by atoms with Gasteiger partial charge in [-0.25, -0.2) is 4.98 Å². The molecule has 1 aromatic carbocycles. The number of pyridine rings is 1. The Labute approximate surface area is 163 Å². The summed E-state index contributed by atoms with van der Waals surface area (Å²) in [6.45, 7) is 3.23. The standard InChI is InChI=1S/C22H22ClN3O/c23-17-12-18-21-19-2-1-9-25(19)10-8-20(21)26(22(18)24-13-17)11-7-15-3-5-16(14-27)6-4-15/h3-6,12-14,19H,1-2,7-11H2. The Balaban J connectivity index is 1.54. The van der Waals surface area contributed by atoms with Gasteiger partial charge in [0, 0.05) is 48.4 Å². The van der Waals surface area contributed by atoms with E-state index in [1.807, 2.05) is 24.3 Å². The normalized spacial score (nSPS) is 19.2. The second-order valence-corrected chi connectivity index (χ2v) is 8.03. The highest BCUT2D eigenvalue weighted by Gasteiger charge is 2.35. The summed E-state index contributed by atoms with van der Waals surface area (Å²) in [4.78, 5) is 18.2. The minimum Gasteiger partial charge on any atom is -0.329 e. The number of fused-ring (bicyclic) bond motifs is 5. The molecule has 5 rings (SSSR count). The molecule has 1 fully saturated rings. The van der Waals surface area contributed by atoms with Crippen LogP contribution in [0.4, 0.5) is 0 Å². The van der Waals surface area contributed by atoms with Crippen LogP contribution in [0.5, 0.6) is 0 Å². The fourth-order valence-corrected chi connectivity index (χ4v) is 4.99. The molecule has 1 atom stereocenters. The van der Waals surface area contributed by atoms with Crippen molar-refractivity contribution in [3.63, 3.8) is 0 Å². The number of halogens is 1. The number of rotatable bonds is 4. The molecule has 3 aromatic rings. The van der Waals surface area contributed by atoms with Gasteiger partial charge in [-0.1, -0.05) is 35.9 Å². The largest absolute Gasteiger partial charge is 0.329 e. The molecule has 4 nitrogen and oxygen atoms in total. The first-order chi connectivity index (χ1) is 13.2. The molecule has 0 N–H and O–H groups in total. The van der Waals surface area contributed by atoms with E-state index in [4.69, 9.17) is 16.6 Å². The highest BCUT2D eigenvalue weighted by molar-refractivity contribution is 6.31. The zero-order valence-electron chi connectivity index (χ0n) is 15.2. The molecule has 5 heteroatoms. The summed E-state index contributed by atoms with van der Waals surface area (Å²) >= 11 is 6.30. The first-order valence-electron chi connectivity index (χ1n) is 9.69. The molecule has 1 saturated heterocycles. The Hall–Kier alpha value is -2.17. The van der Waals surface area contributed by atoms with Crippen LogP contribution in [0.2, 0.25) is 5.02 Å². The minimum absolute atomic E-state index is 0.518. The highest BCUT2D eigenvalue weighted by atomic mass is 35.5. The third-order valence-electron chi connectivity index (χ3n) is 6.09. The van der Waals surface area contributed by atoms with Crippen LogP contribution in [-0.4, -0.2) is 33.8 Å². The molecular weight excluding hydrogens is 358 g/mol. The lowest BCUT2D eigenvalue weighted by atomic mass is 9.96. The summed E-state index contributed by atoms with van der Waals surface area (Å²) in [6.07, 6.45) is 7.15. The minimum atomic E-state index is 0.518. The molecule has 0 aliphatic carbocycles. The third-order valence-corrected chi connectivity index (χ3v) is 6.30. The van der Waals surface area contributed by atoms with E-state index in [2.05, 4.69) is 15.5 Å². The lowest BCUT2D eigenvalue weighted by molar-refractivity contribution is 0.112. The van der Waals surface area contributed by atoms with Crippen LogP contribution >= 0.6 is 11.6 Å². The van der Waals surface area contributed by atoms with E-state index in [0.29, 0.717) is 11.1 Å². The van der Waals surface area contributed by atoms with Crippen LogP contribution in [0.15, 0.2) is 36.5 Å². The van der Waals surface area contributed by atoms with Gasteiger partial charge in [-0.2, -0.15) is 0 Å². The first kappa shape index (κ1) is 17.0. The maximum Gasteiger partial charge on any atom is 0.150 e. The van der Waals surface area contributed by atoms with Gasteiger partial charge in [0.05, 0.1) is 5.02 Å². The third kappa shape index (κ3) is 2.88. The molecular formula is C22H22ClN3O. The van der Waals surface area contributed by atoms with Crippen molar-refractivity contribution in [2.75, 3.05) is 13.1 Å². The van der Waals surface area contributed by atoms with E-state index in [9.17, 15) is 4.79 Å². The zero-order valence-corrected chi connectivity index (χ0v) is 16.0. The predicted molar refractivity (Wildman–Crippen MR) is 108 cm³/mol. The van der Waals surface area contributed by atoms with Crippen LogP contribution in [0.25, 0.3) is 11.0 Å². The number of carbonyl (C=O) groups excluding carboxylic acids is 1. The van der Waals surface area contributed by atoms with Gasteiger partial charge < -0.3 is 4.57 Å². The fraction of sp³-hybridized carbons (Fsp3) is 0.364. The number of nitrogens with zero attached hydrogens (tertiary/aromatic N) is 3. The van der Waals surface area contributed by atoms with Crippen LogP contribution in [0, 0.1) is 0 Å². The van der Waals surface area contributed by atoms with Crippen molar-refractivity contribution in [3.05, 3.63) is 63.9 Å². The molecule has 1 unspecified atom stereocenters. The van der Waals surface area contributed by atoms with Crippen LogP contribution < -0.4 is 0 Å². The average molecular weight is 380 g/mol. The summed E-state index contributed by atoms with van der Waals surface area (Å²) in [5.41, 5.74) is 5.92. The molecule has 0 radical (unpaired) electrons. The van der Waals surface area contributed by atoms with E-state index < -0.39 is 0 Å². The Morgan fingerprint density at radius 1 is 1.22 bits per heavy atom. The number of hydrogen-bond donors (Lipinski definition) is 0. The summed E-state index contributed by atoms with van der Waals surface area (Å²) in [7, 11) is 0. The molecule has 2 aromatic heterocycles. The van der Waals surface area contributed by atoms with Crippen LogP contribution in [-0.2, 0) is 19.4 Å². The number of aromatic nitrogens is 2.